The van der Waals surface area contributed by atoms with E-state index in [0.29, 0.717) is 0 Å². The largest absolute Gasteiger partial charge is 0.300 e. The van der Waals surface area contributed by atoms with Crippen molar-refractivity contribution >= 4 is 22.6 Å². The van der Waals surface area contributed by atoms with E-state index in [2.05, 4.69) is 27.6 Å². The van der Waals surface area contributed by atoms with Crippen LogP contribution in [0.15, 0.2) is 4.99 Å². The standard InChI is InChI=1S/C3H6BrN/c1-5-3-2-4/h1-3H2. The first-order valence-corrected chi connectivity index (χ1v) is 2.52. The maximum Gasteiger partial charge on any atom is 0.0479 e. The summed E-state index contributed by atoms with van der Waals surface area (Å²) in [6, 6.07) is 0. The van der Waals surface area contributed by atoms with E-state index in [1.807, 2.05) is 0 Å². The molecule has 30 valence electrons. The van der Waals surface area contributed by atoms with Gasteiger partial charge in [0.15, 0.2) is 0 Å². The van der Waals surface area contributed by atoms with Gasteiger partial charge in [0.1, 0.15) is 0 Å². The van der Waals surface area contributed by atoms with E-state index >= 15 is 0 Å². The number of nitrogens with zero attached hydrogens (tertiary/aromatic N) is 1. The summed E-state index contributed by atoms with van der Waals surface area (Å²) in [4.78, 5) is 3.56. The van der Waals surface area contributed by atoms with Gasteiger partial charge in [0.05, 0.1) is 0 Å². The molecule has 0 aromatic heterocycles. The molecule has 0 fully saturated rings. The third-order valence-corrected chi connectivity index (χ3v) is 0.597. The molecule has 0 aliphatic carbocycles. The van der Waals surface area contributed by atoms with E-state index in [1.165, 1.54) is 0 Å². The molecule has 0 aliphatic rings. The van der Waals surface area contributed by atoms with Gasteiger partial charge in [0.2, 0.25) is 0 Å². The third-order valence-electron chi connectivity index (χ3n) is 0.243. The van der Waals surface area contributed by atoms with Gasteiger partial charge in [-0.05, 0) is 6.72 Å². The summed E-state index contributed by atoms with van der Waals surface area (Å²) < 4.78 is 0. The summed E-state index contributed by atoms with van der Waals surface area (Å²) in [7, 11) is 0. The average molecular weight is 136 g/mol. The summed E-state index contributed by atoms with van der Waals surface area (Å²) >= 11 is 3.18. The molecule has 2 heteroatoms. The zero-order chi connectivity index (χ0) is 4.12. The van der Waals surface area contributed by atoms with Gasteiger partial charge in [-0.1, -0.05) is 15.9 Å². The van der Waals surface area contributed by atoms with Crippen molar-refractivity contribution in [3.8, 4) is 0 Å². The van der Waals surface area contributed by atoms with Crippen molar-refractivity contribution in [1.82, 2.24) is 0 Å². The van der Waals surface area contributed by atoms with Crippen molar-refractivity contribution in [2.24, 2.45) is 4.99 Å². The fourth-order valence-corrected chi connectivity index (χ4v) is 0.311. The fourth-order valence-electron chi connectivity index (χ4n) is 0.0598. The SMILES string of the molecule is C=NCCBr. The van der Waals surface area contributed by atoms with E-state index in [4.69, 9.17) is 0 Å². The zero-order valence-corrected chi connectivity index (χ0v) is 4.53. The van der Waals surface area contributed by atoms with Crippen LogP contribution >= 0.6 is 15.9 Å². The van der Waals surface area contributed by atoms with Crippen LogP contribution in [0.2, 0.25) is 0 Å². The topological polar surface area (TPSA) is 12.4 Å². The Labute approximate surface area is 40.2 Å². The van der Waals surface area contributed by atoms with E-state index < -0.39 is 0 Å². The van der Waals surface area contributed by atoms with Crippen molar-refractivity contribution in [2.75, 3.05) is 11.9 Å². The second-order valence-electron chi connectivity index (χ2n) is 0.636. The molecule has 0 atom stereocenters. The van der Waals surface area contributed by atoms with Crippen molar-refractivity contribution in [3.05, 3.63) is 0 Å². The van der Waals surface area contributed by atoms with Crippen LogP contribution in [-0.2, 0) is 0 Å². The van der Waals surface area contributed by atoms with Crippen LogP contribution in [0.5, 0.6) is 0 Å². The lowest BCUT2D eigenvalue weighted by atomic mass is 10.8. The molecule has 0 amide bonds. The zero-order valence-electron chi connectivity index (χ0n) is 2.95. The summed E-state index contributed by atoms with van der Waals surface area (Å²) in [6.07, 6.45) is 0. The Hall–Kier alpha value is 0.150. The smallest absolute Gasteiger partial charge is 0.0479 e. The van der Waals surface area contributed by atoms with Gasteiger partial charge in [-0.2, -0.15) is 0 Å². The molecule has 0 spiro atoms. The van der Waals surface area contributed by atoms with E-state index in [9.17, 15) is 0 Å². The molecule has 0 aromatic carbocycles. The first kappa shape index (κ1) is 5.15. The van der Waals surface area contributed by atoms with Crippen molar-refractivity contribution in [1.29, 1.82) is 0 Å². The Morgan fingerprint density at radius 1 is 1.80 bits per heavy atom. The molecule has 0 saturated heterocycles. The minimum atomic E-state index is 0.819. The van der Waals surface area contributed by atoms with E-state index in [1.54, 1.807) is 0 Å². The molecule has 0 bridgehead atoms. The lowest BCUT2D eigenvalue weighted by Gasteiger charge is -1.72. The van der Waals surface area contributed by atoms with Crippen LogP contribution in [0, 0.1) is 0 Å². The first-order valence-electron chi connectivity index (χ1n) is 1.40. The van der Waals surface area contributed by atoms with Crippen molar-refractivity contribution < 1.29 is 0 Å². The Morgan fingerprint density at radius 3 is 2.40 bits per heavy atom. The van der Waals surface area contributed by atoms with Crippen LogP contribution in [0.1, 0.15) is 0 Å². The molecule has 0 aliphatic heterocycles. The quantitative estimate of drug-likeness (QED) is 0.397. The van der Waals surface area contributed by atoms with Crippen LogP contribution in [0.3, 0.4) is 0 Å². The normalized spacial score (nSPS) is 7.40. The molecule has 0 rings (SSSR count). The highest BCUT2D eigenvalue weighted by molar-refractivity contribution is 9.09. The van der Waals surface area contributed by atoms with Crippen LogP contribution in [0.25, 0.3) is 0 Å². The van der Waals surface area contributed by atoms with Gasteiger partial charge < -0.3 is 4.99 Å². The molecule has 0 radical (unpaired) electrons. The fraction of sp³-hybridized carbons (Fsp3) is 0.667. The van der Waals surface area contributed by atoms with Crippen molar-refractivity contribution in [2.45, 2.75) is 0 Å². The van der Waals surface area contributed by atoms with Gasteiger partial charge in [-0.15, -0.1) is 0 Å². The van der Waals surface area contributed by atoms with Crippen LogP contribution in [0.4, 0.5) is 0 Å². The maximum atomic E-state index is 3.56. The predicted molar refractivity (Wildman–Crippen MR) is 28.2 cm³/mol. The number of alkyl halides is 1. The minimum absolute atomic E-state index is 0.819. The van der Waals surface area contributed by atoms with Gasteiger partial charge in [-0.3, -0.25) is 0 Å². The second kappa shape index (κ2) is 4.15. The summed E-state index contributed by atoms with van der Waals surface area (Å²) in [5.74, 6) is 0. The molecular weight excluding hydrogens is 130 g/mol. The number of rotatable bonds is 2. The molecule has 0 heterocycles. The summed E-state index contributed by atoms with van der Waals surface area (Å²) in [5.41, 5.74) is 0. The monoisotopic (exact) mass is 135 g/mol. The van der Waals surface area contributed by atoms with Gasteiger partial charge in [0.25, 0.3) is 0 Å². The first-order chi connectivity index (χ1) is 2.41. The highest BCUT2D eigenvalue weighted by Gasteiger charge is 1.63. The summed E-state index contributed by atoms with van der Waals surface area (Å²) in [6.45, 7) is 4.09. The van der Waals surface area contributed by atoms with Gasteiger partial charge in [0, 0.05) is 11.9 Å². The van der Waals surface area contributed by atoms with Gasteiger partial charge in [-0.25, -0.2) is 0 Å². The molecular formula is C3H6BrN. The number of halogens is 1. The second-order valence-corrected chi connectivity index (χ2v) is 1.43. The van der Waals surface area contributed by atoms with Gasteiger partial charge >= 0.3 is 0 Å². The Kier molecular flexibility index (Phi) is 4.27. The lowest BCUT2D eigenvalue weighted by Crippen LogP contribution is -1.72. The molecule has 0 N–H and O–H groups in total. The minimum Gasteiger partial charge on any atom is -0.300 e. The Morgan fingerprint density at radius 2 is 2.40 bits per heavy atom. The predicted octanol–water partition coefficient (Wildman–Crippen LogP) is 1.08. The van der Waals surface area contributed by atoms with Crippen LogP contribution in [-0.4, -0.2) is 18.6 Å². The number of hydrogen-bond acceptors (Lipinski definition) is 1. The highest BCUT2D eigenvalue weighted by atomic mass is 79.9. The maximum absolute atomic E-state index is 3.56. The molecule has 0 unspecified atom stereocenters. The Bertz CT molecular complexity index is 28.1. The average Bonchev–Trinajstić information content (AvgIpc) is 1.41. The molecule has 1 nitrogen and oxygen atoms in total. The van der Waals surface area contributed by atoms with Crippen LogP contribution < -0.4 is 0 Å². The summed E-state index contributed by atoms with van der Waals surface area (Å²) in [5, 5.41) is 0.927. The third kappa shape index (κ3) is 4.15. The number of hydrogen-bond donors (Lipinski definition) is 0. The van der Waals surface area contributed by atoms with E-state index in [-0.39, 0.29) is 0 Å². The Balaban J connectivity index is 2.40. The molecule has 5 heavy (non-hydrogen) atoms. The van der Waals surface area contributed by atoms with Crippen molar-refractivity contribution in [3.63, 3.8) is 0 Å². The molecule has 0 aromatic rings. The highest BCUT2D eigenvalue weighted by Crippen LogP contribution is 1.75. The number of aliphatic imine (C=N–C) groups is 1. The van der Waals surface area contributed by atoms with E-state index in [0.717, 1.165) is 11.9 Å². The lowest BCUT2D eigenvalue weighted by molar-refractivity contribution is 1.17. The molecule has 0 saturated carbocycles.